The zero-order valence-electron chi connectivity index (χ0n) is 8.29. The van der Waals surface area contributed by atoms with Crippen LogP contribution in [0.25, 0.3) is 0 Å². The van der Waals surface area contributed by atoms with Crippen LogP contribution < -0.4 is 11.1 Å². The molecular weight excluding hydrogens is 195 g/mol. The standard InChI is InChI=1S/C11H13FN2O/c12-9-1-2-10-8(6-9)5-7(3-4-13)11(15)14-10/h1-2,6-7H,3-5,13H2,(H,14,15). The molecule has 15 heavy (non-hydrogen) atoms. The van der Waals surface area contributed by atoms with Crippen molar-refractivity contribution in [3.8, 4) is 0 Å². The largest absolute Gasteiger partial charge is 0.330 e. The lowest BCUT2D eigenvalue weighted by Crippen LogP contribution is -2.31. The van der Waals surface area contributed by atoms with Crippen LogP contribution in [0.2, 0.25) is 0 Å². The monoisotopic (exact) mass is 208 g/mol. The molecule has 0 radical (unpaired) electrons. The number of hydrogen-bond donors (Lipinski definition) is 2. The van der Waals surface area contributed by atoms with Crippen LogP contribution in [0, 0.1) is 11.7 Å². The van der Waals surface area contributed by atoms with Gasteiger partial charge in [0.15, 0.2) is 0 Å². The predicted octanol–water partition coefficient (Wildman–Crippen LogP) is 1.29. The maximum atomic E-state index is 13.0. The topological polar surface area (TPSA) is 55.1 Å². The van der Waals surface area contributed by atoms with Gasteiger partial charge in [-0.3, -0.25) is 4.79 Å². The van der Waals surface area contributed by atoms with Crippen LogP contribution in [0.4, 0.5) is 10.1 Å². The molecule has 1 aliphatic heterocycles. The number of carbonyl (C=O) groups excluding carboxylic acids is 1. The minimum Gasteiger partial charge on any atom is -0.330 e. The van der Waals surface area contributed by atoms with Gasteiger partial charge in [0.05, 0.1) is 0 Å². The minimum atomic E-state index is -0.267. The van der Waals surface area contributed by atoms with Crippen molar-refractivity contribution in [2.24, 2.45) is 11.7 Å². The van der Waals surface area contributed by atoms with Gasteiger partial charge in [0, 0.05) is 11.6 Å². The number of carbonyl (C=O) groups is 1. The van der Waals surface area contributed by atoms with Crippen molar-refractivity contribution < 1.29 is 9.18 Å². The van der Waals surface area contributed by atoms with E-state index in [-0.39, 0.29) is 17.6 Å². The molecule has 4 heteroatoms. The van der Waals surface area contributed by atoms with Gasteiger partial charge in [-0.15, -0.1) is 0 Å². The second-order valence-corrected chi connectivity index (χ2v) is 3.77. The molecule has 1 aromatic carbocycles. The molecule has 0 spiro atoms. The minimum absolute atomic E-state index is 0.0143. The molecule has 1 heterocycles. The van der Waals surface area contributed by atoms with Crippen molar-refractivity contribution in [2.75, 3.05) is 11.9 Å². The van der Waals surface area contributed by atoms with E-state index in [4.69, 9.17) is 5.73 Å². The Bertz CT molecular complexity index is 392. The van der Waals surface area contributed by atoms with Crippen LogP contribution >= 0.6 is 0 Å². The molecule has 1 aliphatic rings. The van der Waals surface area contributed by atoms with Crippen LogP contribution in [0.3, 0.4) is 0 Å². The summed E-state index contributed by atoms with van der Waals surface area (Å²) in [7, 11) is 0. The molecule has 1 unspecified atom stereocenters. The molecule has 0 aliphatic carbocycles. The summed E-state index contributed by atoms with van der Waals surface area (Å²) in [6, 6.07) is 4.42. The van der Waals surface area contributed by atoms with Gasteiger partial charge in [-0.2, -0.15) is 0 Å². The molecule has 3 nitrogen and oxygen atoms in total. The summed E-state index contributed by atoms with van der Waals surface area (Å²) in [5, 5.41) is 2.76. The summed E-state index contributed by atoms with van der Waals surface area (Å²) in [4.78, 5) is 11.6. The zero-order valence-corrected chi connectivity index (χ0v) is 8.29. The Kier molecular flexibility index (Phi) is 2.68. The highest BCUT2D eigenvalue weighted by molar-refractivity contribution is 5.95. The van der Waals surface area contributed by atoms with Crippen LogP contribution in [0.1, 0.15) is 12.0 Å². The van der Waals surface area contributed by atoms with Crippen molar-refractivity contribution in [3.63, 3.8) is 0 Å². The van der Waals surface area contributed by atoms with E-state index in [0.29, 0.717) is 19.4 Å². The third kappa shape index (κ3) is 1.99. The van der Waals surface area contributed by atoms with E-state index in [2.05, 4.69) is 5.32 Å². The molecule has 0 saturated carbocycles. The highest BCUT2D eigenvalue weighted by atomic mass is 19.1. The number of nitrogens with one attached hydrogen (secondary N) is 1. The van der Waals surface area contributed by atoms with Crippen molar-refractivity contribution in [1.29, 1.82) is 0 Å². The molecule has 0 fully saturated rings. The number of anilines is 1. The number of fused-ring (bicyclic) bond motifs is 1. The van der Waals surface area contributed by atoms with E-state index in [1.807, 2.05) is 0 Å². The molecule has 0 saturated heterocycles. The van der Waals surface area contributed by atoms with Gasteiger partial charge < -0.3 is 11.1 Å². The fraction of sp³-hybridized carbons (Fsp3) is 0.364. The van der Waals surface area contributed by atoms with Crippen LogP contribution in [0.5, 0.6) is 0 Å². The molecule has 1 aromatic rings. The lowest BCUT2D eigenvalue weighted by Gasteiger charge is -2.24. The molecule has 2 rings (SSSR count). The molecule has 1 atom stereocenters. The molecular formula is C11H13FN2O. The second-order valence-electron chi connectivity index (χ2n) is 3.77. The van der Waals surface area contributed by atoms with E-state index in [1.54, 1.807) is 6.07 Å². The van der Waals surface area contributed by atoms with Gasteiger partial charge in [-0.1, -0.05) is 0 Å². The van der Waals surface area contributed by atoms with Gasteiger partial charge in [-0.25, -0.2) is 4.39 Å². The summed E-state index contributed by atoms with van der Waals surface area (Å²) >= 11 is 0. The summed E-state index contributed by atoms with van der Waals surface area (Å²) in [5.74, 6) is -0.403. The molecule has 3 N–H and O–H groups in total. The highest BCUT2D eigenvalue weighted by Crippen LogP contribution is 2.27. The second kappa shape index (κ2) is 3.98. The van der Waals surface area contributed by atoms with Crippen LogP contribution in [-0.2, 0) is 11.2 Å². The van der Waals surface area contributed by atoms with Crippen LogP contribution in [-0.4, -0.2) is 12.5 Å². The predicted molar refractivity (Wildman–Crippen MR) is 55.9 cm³/mol. The Balaban J connectivity index is 2.26. The number of nitrogens with two attached hydrogens (primary N) is 1. The molecule has 80 valence electrons. The fourth-order valence-corrected chi connectivity index (χ4v) is 1.88. The SMILES string of the molecule is NCCC1Cc2cc(F)ccc2NC1=O. The smallest absolute Gasteiger partial charge is 0.227 e. The summed E-state index contributed by atoms with van der Waals surface area (Å²) < 4.78 is 13.0. The third-order valence-corrected chi connectivity index (χ3v) is 2.68. The van der Waals surface area contributed by atoms with E-state index in [9.17, 15) is 9.18 Å². The molecule has 0 aromatic heterocycles. The summed E-state index contributed by atoms with van der Waals surface area (Å²) in [6.45, 7) is 0.475. The Morgan fingerprint density at radius 2 is 2.33 bits per heavy atom. The average molecular weight is 208 g/mol. The quantitative estimate of drug-likeness (QED) is 0.769. The Labute approximate surface area is 87.5 Å². The first kappa shape index (κ1) is 10.1. The summed E-state index contributed by atoms with van der Waals surface area (Å²) in [6.07, 6.45) is 1.22. The van der Waals surface area contributed by atoms with Crippen molar-refractivity contribution in [2.45, 2.75) is 12.8 Å². The zero-order chi connectivity index (χ0) is 10.8. The highest BCUT2D eigenvalue weighted by Gasteiger charge is 2.25. The molecule has 0 bridgehead atoms. The average Bonchev–Trinajstić information content (AvgIpc) is 2.20. The van der Waals surface area contributed by atoms with E-state index in [1.165, 1.54) is 12.1 Å². The third-order valence-electron chi connectivity index (χ3n) is 2.68. The first-order valence-corrected chi connectivity index (χ1v) is 5.00. The van der Waals surface area contributed by atoms with Gasteiger partial charge in [0.25, 0.3) is 0 Å². The van der Waals surface area contributed by atoms with Gasteiger partial charge in [0.1, 0.15) is 5.82 Å². The number of hydrogen-bond acceptors (Lipinski definition) is 2. The van der Waals surface area contributed by atoms with E-state index >= 15 is 0 Å². The fourth-order valence-electron chi connectivity index (χ4n) is 1.88. The normalized spacial score (nSPS) is 19.6. The van der Waals surface area contributed by atoms with E-state index in [0.717, 1.165) is 11.3 Å². The Morgan fingerprint density at radius 1 is 1.53 bits per heavy atom. The van der Waals surface area contributed by atoms with Crippen LogP contribution in [0.15, 0.2) is 18.2 Å². The first-order chi connectivity index (χ1) is 7.20. The molecule has 1 amide bonds. The summed E-state index contributed by atoms with van der Waals surface area (Å²) in [5.41, 5.74) is 6.99. The lowest BCUT2D eigenvalue weighted by atomic mass is 9.91. The number of rotatable bonds is 2. The number of amides is 1. The van der Waals surface area contributed by atoms with Gasteiger partial charge in [0.2, 0.25) is 5.91 Å². The maximum Gasteiger partial charge on any atom is 0.227 e. The van der Waals surface area contributed by atoms with E-state index < -0.39 is 0 Å². The Morgan fingerprint density at radius 3 is 3.07 bits per heavy atom. The maximum absolute atomic E-state index is 13.0. The van der Waals surface area contributed by atoms with Crippen molar-refractivity contribution in [1.82, 2.24) is 0 Å². The lowest BCUT2D eigenvalue weighted by molar-refractivity contribution is -0.120. The Hall–Kier alpha value is -1.42. The number of halogens is 1. The van der Waals surface area contributed by atoms with Crippen molar-refractivity contribution in [3.05, 3.63) is 29.6 Å². The van der Waals surface area contributed by atoms with Gasteiger partial charge in [-0.05, 0) is 43.1 Å². The first-order valence-electron chi connectivity index (χ1n) is 5.00. The van der Waals surface area contributed by atoms with Gasteiger partial charge >= 0.3 is 0 Å². The van der Waals surface area contributed by atoms with Crippen molar-refractivity contribution >= 4 is 11.6 Å². The number of benzene rings is 1.